The van der Waals surface area contributed by atoms with Crippen molar-refractivity contribution in [2.45, 2.75) is 77.8 Å². The Balaban J connectivity index is 3.34. The Morgan fingerprint density at radius 1 is 0.667 bits per heavy atom. The lowest BCUT2D eigenvalue weighted by molar-refractivity contribution is 0.440. The predicted octanol–water partition coefficient (Wildman–Crippen LogP) is 7.66. The highest BCUT2D eigenvalue weighted by molar-refractivity contribution is 14.1. The Kier molecular flexibility index (Phi) is 7.00. The number of hydrogen-bond donors (Lipinski definition) is 0. The third-order valence-corrected chi connectivity index (χ3v) is 16.8. The van der Waals surface area contributed by atoms with Crippen LogP contribution in [-0.4, -0.2) is 16.6 Å². The van der Waals surface area contributed by atoms with Crippen molar-refractivity contribution in [2.24, 2.45) is 0 Å². The van der Waals surface area contributed by atoms with Crippen molar-refractivity contribution in [1.29, 1.82) is 0 Å². The van der Waals surface area contributed by atoms with E-state index in [1.807, 2.05) is 0 Å². The second-order valence-corrected chi connectivity index (χ2v) is 21.2. The first-order valence-electron chi connectivity index (χ1n) is 8.35. The Morgan fingerprint density at radius 3 is 1.12 bits per heavy atom. The first-order valence-corrected chi connectivity index (χ1v) is 16.3. The normalized spacial score (nSPS) is 13.8. The largest absolute Gasteiger partial charge is 0.541 e. The molecule has 1 aromatic carbocycles. The lowest BCUT2D eigenvalue weighted by atomic mass is 10.2. The van der Waals surface area contributed by atoms with Gasteiger partial charge in [-0.3, -0.25) is 0 Å². The summed E-state index contributed by atoms with van der Waals surface area (Å²) in [7, 11) is -3.82. The van der Waals surface area contributed by atoms with E-state index in [1.54, 1.807) is 0 Å². The highest BCUT2D eigenvalue weighted by atomic mass is 127. The van der Waals surface area contributed by atoms with Gasteiger partial charge in [-0.05, 0) is 93.6 Å². The van der Waals surface area contributed by atoms with Crippen LogP contribution in [0.5, 0.6) is 11.5 Å². The maximum atomic E-state index is 6.62. The Labute approximate surface area is 178 Å². The minimum atomic E-state index is -1.91. The molecule has 0 radical (unpaired) electrons. The molecule has 0 spiro atoms. The molecular formula is C18H32I2O2Si2. The summed E-state index contributed by atoms with van der Waals surface area (Å²) in [6.07, 6.45) is 0. The topological polar surface area (TPSA) is 18.5 Å². The Morgan fingerprint density at radius 2 is 0.917 bits per heavy atom. The third kappa shape index (κ3) is 5.36. The van der Waals surface area contributed by atoms with Gasteiger partial charge in [0.15, 0.2) is 0 Å². The molecule has 0 saturated heterocycles. The van der Waals surface area contributed by atoms with E-state index in [2.05, 4.69) is 125 Å². The molecule has 0 aliphatic heterocycles. The van der Waals surface area contributed by atoms with Crippen LogP contribution < -0.4 is 8.85 Å². The number of hydrogen-bond acceptors (Lipinski definition) is 2. The quantitative estimate of drug-likeness (QED) is 0.265. The fraction of sp³-hybridized carbons (Fsp3) is 0.667. The molecule has 24 heavy (non-hydrogen) atoms. The van der Waals surface area contributed by atoms with Crippen molar-refractivity contribution in [3.05, 3.63) is 19.3 Å². The van der Waals surface area contributed by atoms with Gasteiger partial charge >= 0.3 is 0 Å². The van der Waals surface area contributed by atoms with Crippen LogP contribution in [0.2, 0.25) is 36.3 Å². The summed E-state index contributed by atoms with van der Waals surface area (Å²) in [5, 5.41) is 0.325. The van der Waals surface area contributed by atoms with E-state index in [1.165, 1.54) is 7.14 Å². The molecule has 1 aromatic rings. The number of benzene rings is 1. The van der Waals surface area contributed by atoms with Crippen LogP contribution in [-0.2, 0) is 0 Å². The molecule has 2 nitrogen and oxygen atoms in total. The van der Waals surface area contributed by atoms with Gasteiger partial charge in [0.1, 0.15) is 11.5 Å². The fourth-order valence-corrected chi connectivity index (χ4v) is 4.43. The molecule has 0 unspecified atom stereocenters. The van der Waals surface area contributed by atoms with Crippen LogP contribution in [0.15, 0.2) is 12.1 Å². The van der Waals surface area contributed by atoms with Gasteiger partial charge in [-0.15, -0.1) is 0 Å². The van der Waals surface area contributed by atoms with Crippen molar-refractivity contribution in [2.75, 3.05) is 0 Å². The Hall–Kier alpha value is 0.714. The van der Waals surface area contributed by atoms with E-state index >= 15 is 0 Å². The van der Waals surface area contributed by atoms with Crippen molar-refractivity contribution < 1.29 is 8.85 Å². The van der Waals surface area contributed by atoms with Crippen LogP contribution >= 0.6 is 45.2 Å². The maximum absolute atomic E-state index is 6.62. The summed E-state index contributed by atoms with van der Waals surface area (Å²) in [5.41, 5.74) is 0. The molecule has 6 heteroatoms. The predicted molar refractivity (Wildman–Crippen MR) is 128 cm³/mol. The van der Waals surface area contributed by atoms with Gasteiger partial charge < -0.3 is 8.85 Å². The van der Waals surface area contributed by atoms with E-state index in [-0.39, 0.29) is 10.1 Å². The zero-order valence-electron chi connectivity index (χ0n) is 16.7. The summed E-state index contributed by atoms with van der Waals surface area (Å²) in [4.78, 5) is 0. The van der Waals surface area contributed by atoms with Gasteiger partial charge in [0.05, 0.1) is 0 Å². The smallest absolute Gasteiger partial charge is 0.250 e. The summed E-state index contributed by atoms with van der Waals surface area (Å²) in [5.74, 6) is 1.83. The number of rotatable bonds is 4. The lowest BCUT2D eigenvalue weighted by Crippen LogP contribution is -2.45. The molecule has 0 aliphatic rings. The van der Waals surface area contributed by atoms with E-state index in [0.717, 1.165) is 11.5 Å². The van der Waals surface area contributed by atoms with Gasteiger partial charge in [-0.25, -0.2) is 0 Å². The third-order valence-electron chi connectivity index (χ3n) is 5.33. The average Bonchev–Trinajstić information content (AvgIpc) is 2.31. The second-order valence-electron chi connectivity index (χ2n) is 9.44. The van der Waals surface area contributed by atoms with Crippen LogP contribution in [0.3, 0.4) is 0 Å². The zero-order chi connectivity index (χ0) is 19.1. The van der Waals surface area contributed by atoms with Crippen LogP contribution in [0.1, 0.15) is 41.5 Å². The first-order chi connectivity index (χ1) is 10.5. The fourth-order valence-electron chi connectivity index (χ4n) is 1.53. The van der Waals surface area contributed by atoms with Gasteiger partial charge in [-0.2, -0.15) is 0 Å². The molecule has 138 valence electrons. The van der Waals surface area contributed by atoms with Crippen LogP contribution in [0.4, 0.5) is 0 Å². The minimum absolute atomic E-state index is 0.162. The van der Waals surface area contributed by atoms with Crippen LogP contribution in [0, 0.1) is 7.14 Å². The molecule has 1 rings (SSSR count). The lowest BCUT2D eigenvalue weighted by Gasteiger charge is -2.39. The van der Waals surface area contributed by atoms with Crippen molar-refractivity contribution in [3.8, 4) is 11.5 Å². The molecule has 0 bridgehead atoms. The van der Waals surface area contributed by atoms with E-state index in [9.17, 15) is 0 Å². The molecule has 0 N–H and O–H groups in total. The highest BCUT2D eigenvalue weighted by Gasteiger charge is 2.42. The Bertz CT molecular complexity index is 547. The van der Waals surface area contributed by atoms with Crippen LogP contribution in [0.25, 0.3) is 0 Å². The minimum Gasteiger partial charge on any atom is -0.541 e. The van der Waals surface area contributed by atoms with Crippen molar-refractivity contribution in [1.82, 2.24) is 0 Å². The molecule has 0 saturated carbocycles. The van der Waals surface area contributed by atoms with Gasteiger partial charge in [0.25, 0.3) is 16.6 Å². The van der Waals surface area contributed by atoms with E-state index in [0.29, 0.717) is 0 Å². The van der Waals surface area contributed by atoms with E-state index < -0.39 is 16.6 Å². The van der Waals surface area contributed by atoms with Crippen molar-refractivity contribution in [3.63, 3.8) is 0 Å². The van der Waals surface area contributed by atoms with Gasteiger partial charge in [0, 0.05) is 7.14 Å². The molecule has 0 aliphatic carbocycles. The van der Waals surface area contributed by atoms with Crippen molar-refractivity contribution >= 4 is 61.8 Å². The maximum Gasteiger partial charge on any atom is 0.250 e. The first kappa shape index (κ1) is 22.8. The molecule has 0 aromatic heterocycles. The van der Waals surface area contributed by atoms with Gasteiger partial charge in [0.2, 0.25) is 0 Å². The molecule has 0 heterocycles. The summed E-state index contributed by atoms with van der Waals surface area (Å²) < 4.78 is 15.7. The summed E-state index contributed by atoms with van der Waals surface area (Å²) in [6, 6.07) is 4.29. The standard InChI is InChI=1S/C18H32I2O2Si2/c1-17(2,3)23(7,8)21-15-11-13(19)14(20)12-16(15)22-24(9,10)18(4,5)6/h11-12H,1-10H3. The molecule has 0 atom stereocenters. The highest BCUT2D eigenvalue weighted by Crippen LogP contribution is 2.44. The van der Waals surface area contributed by atoms with Gasteiger partial charge in [-0.1, -0.05) is 41.5 Å². The monoisotopic (exact) mass is 590 g/mol. The number of halogens is 2. The zero-order valence-corrected chi connectivity index (χ0v) is 23.0. The molecular weight excluding hydrogens is 558 g/mol. The average molecular weight is 590 g/mol. The molecule has 0 fully saturated rings. The second kappa shape index (κ2) is 7.38. The SMILES string of the molecule is CC(C)(C)[Si](C)(C)Oc1cc(I)c(I)cc1O[Si](C)(C)C(C)(C)C. The van der Waals surface area contributed by atoms with E-state index in [4.69, 9.17) is 8.85 Å². The summed E-state index contributed by atoms with van der Waals surface area (Å²) >= 11 is 4.75. The summed E-state index contributed by atoms with van der Waals surface area (Å²) in [6.45, 7) is 22.8. The molecule has 0 amide bonds.